The van der Waals surface area contributed by atoms with E-state index in [1.165, 1.54) is 14.2 Å². The number of aromatic nitrogens is 2. The highest BCUT2D eigenvalue weighted by molar-refractivity contribution is 5.66. The quantitative estimate of drug-likeness (QED) is 0.750. The molecule has 0 saturated carbocycles. The molecule has 0 bridgehead atoms. The average Bonchev–Trinajstić information content (AvgIpc) is 2.61. The SMILES string of the molecule is CC[C@H](C)Nc1nc(Nc2ccc(OC)cc2OC)cc(C(F)(F)F)n1. The van der Waals surface area contributed by atoms with Gasteiger partial charge >= 0.3 is 6.18 Å². The number of hydrogen-bond donors (Lipinski definition) is 2. The van der Waals surface area contributed by atoms with Gasteiger partial charge in [0.1, 0.15) is 17.3 Å². The van der Waals surface area contributed by atoms with Gasteiger partial charge in [-0.05, 0) is 25.5 Å². The van der Waals surface area contributed by atoms with Crippen molar-refractivity contribution in [1.82, 2.24) is 9.97 Å². The monoisotopic (exact) mass is 370 g/mol. The molecule has 2 aromatic rings. The Labute approximate surface area is 149 Å². The molecule has 2 N–H and O–H groups in total. The van der Waals surface area contributed by atoms with Crippen molar-refractivity contribution in [2.24, 2.45) is 0 Å². The molecule has 0 aliphatic carbocycles. The molecule has 0 aliphatic heterocycles. The normalized spacial score (nSPS) is 12.4. The summed E-state index contributed by atoms with van der Waals surface area (Å²) in [7, 11) is 2.96. The van der Waals surface area contributed by atoms with Crippen LogP contribution in [0.25, 0.3) is 0 Å². The zero-order valence-corrected chi connectivity index (χ0v) is 14.9. The Kier molecular flexibility index (Phi) is 6.12. The van der Waals surface area contributed by atoms with Crippen LogP contribution in [0.1, 0.15) is 26.0 Å². The molecular formula is C17H21F3N4O2. The van der Waals surface area contributed by atoms with Gasteiger partial charge in [-0.2, -0.15) is 18.2 Å². The van der Waals surface area contributed by atoms with E-state index >= 15 is 0 Å². The lowest BCUT2D eigenvalue weighted by Gasteiger charge is -2.16. The Bertz CT molecular complexity index is 753. The molecule has 0 radical (unpaired) electrons. The van der Waals surface area contributed by atoms with Crippen LogP contribution >= 0.6 is 0 Å². The molecule has 0 saturated heterocycles. The molecule has 0 fully saturated rings. The Morgan fingerprint density at radius 3 is 2.42 bits per heavy atom. The molecule has 6 nitrogen and oxygen atoms in total. The van der Waals surface area contributed by atoms with E-state index in [2.05, 4.69) is 20.6 Å². The van der Waals surface area contributed by atoms with Crippen molar-refractivity contribution in [1.29, 1.82) is 0 Å². The zero-order valence-electron chi connectivity index (χ0n) is 14.9. The average molecular weight is 370 g/mol. The molecule has 26 heavy (non-hydrogen) atoms. The van der Waals surface area contributed by atoms with Crippen LogP contribution in [0.4, 0.5) is 30.6 Å². The number of methoxy groups -OCH3 is 2. The maximum Gasteiger partial charge on any atom is 0.433 e. The summed E-state index contributed by atoms with van der Waals surface area (Å²) in [5.41, 5.74) is -0.581. The van der Waals surface area contributed by atoms with Gasteiger partial charge in [-0.1, -0.05) is 6.92 Å². The highest BCUT2D eigenvalue weighted by Crippen LogP contribution is 2.34. The fraction of sp³-hybridized carbons (Fsp3) is 0.412. The molecule has 1 atom stereocenters. The summed E-state index contributed by atoms with van der Waals surface area (Å²) < 4.78 is 49.8. The van der Waals surface area contributed by atoms with Crippen LogP contribution in [0.3, 0.4) is 0 Å². The van der Waals surface area contributed by atoms with Crippen LogP contribution in [-0.2, 0) is 6.18 Å². The lowest BCUT2D eigenvalue weighted by molar-refractivity contribution is -0.141. The van der Waals surface area contributed by atoms with E-state index in [-0.39, 0.29) is 17.8 Å². The maximum absolute atomic E-state index is 13.2. The van der Waals surface area contributed by atoms with E-state index in [0.29, 0.717) is 23.6 Å². The van der Waals surface area contributed by atoms with Crippen LogP contribution in [0.5, 0.6) is 11.5 Å². The van der Waals surface area contributed by atoms with Gasteiger partial charge in [-0.15, -0.1) is 0 Å². The predicted octanol–water partition coefficient (Wildman–Crippen LogP) is 4.47. The summed E-state index contributed by atoms with van der Waals surface area (Å²) in [5.74, 6) is 0.879. The van der Waals surface area contributed by atoms with Gasteiger partial charge in [0.15, 0.2) is 5.69 Å². The number of nitrogens with zero attached hydrogens (tertiary/aromatic N) is 2. The van der Waals surface area contributed by atoms with Crippen LogP contribution in [0.15, 0.2) is 24.3 Å². The van der Waals surface area contributed by atoms with E-state index < -0.39 is 11.9 Å². The van der Waals surface area contributed by atoms with Gasteiger partial charge < -0.3 is 20.1 Å². The maximum atomic E-state index is 13.2. The number of benzene rings is 1. The van der Waals surface area contributed by atoms with E-state index in [1.54, 1.807) is 18.2 Å². The fourth-order valence-electron chi connectivity index (χ4n) is 2.08. The van der Waals surface area contributed by atoms with Gasteiger partial charge in [0, 0.05) is 18.2 Å². The van der Waals surface area contributed by atoms with Crippen molar-refractivity contribution < 1.29 is 22.6 Å². The molecule has 142 valence electrons. The Morgan fingerprint density at radius 2 is 1.85 bits per heavy atom. The van der Waals surface area contributed by atoms with E-state index in [9.17, 15) is 13.2 Å². The van der Waals surface area contributed by atoms with Gasteiger partial charge in [0.2, 0.25) is 5.95 Å². The van der Waals surface area contributed by atoms with Crippen LogP contribution in [0.2, 0.25) is 0 Å². The summed E-state index contributed by atoms with van der Waals surface area (Å²) >= 11 is 0. The van der Waals surface area contributed by atoms with E-state index in [1.807, 2.05) is 13.8 Å². The topological polar surface area (TPSA) is 68.3 Å². The van der Waals surface area contributed by atoms with Gasteiger partial charge in [-0.3, -0.25) is 0 Å². The largest absolute Gasteiger partial charge is 0.497 e. The third kappa shape index (κ3) is 4.90. The molecule has 1 aromatic heterocycles. The van der Waals surface area contributed by atoms with Gasteiger partial charge in [0.25, 0.3) is 0 Å². The summed E-state index contributed by atoms with van der Waals surface area (Å²) in [4.78, 5) is 7.69. The van der Waals surface area contributed by atoms with Crippen molar-refractivity contribution in [2.75, 3.05) is 24.9 Å². The highest BCUT2D eigenvalue weighted by atomic mass is 19.4. The van der Waals surface area contributed by atoms with Crippen molar-refractivity contribution >= 4 is 17.5 Å². The van der Waals surface area contributed by atoms with Crippen LogP contribution in [-0.4, -0.2) is 30.2 Å². The fourth-order valence-corrected chi connectivity index (χ4v) is 2.08. The third-order valence-corrected chi connectivity index (χ3v) is 3.68. The number of alkyl halides is 3. The minimum absolute atomic E-state index is 0.00148. The highest BCUT2D eigenvalue weighted by Gasteiger charge is 2.34. The summed E-state index contributed by atoms with van der Waals surface area (Å²) in [6.07, 6.45) is -3.87. The molecule has 0 unspecified atom stereocenters. The van der Waals surface area contributed by atoms with Crippen molar-refractivity contribution in [3.05, 3.63) is 30.0 Å². The lowest BCUT2D eigenvalue weighted by Crippen LogP contribution is -2.18. The second kappa shape index (κ2) is 8.11. The Hall–Kier alpha value is -2.71. The molecule has 0 amide bonds. The van der Waals surface area contributed by atoms with E-state index in [0.717, 1.165) is 6.07 Å². The minimum atomic E-state index is -4.59. The first-order valence-corrected chi connectivity index (χ1v) is 7.98. The number of rotatable bonds is 7. The first-order chi connectivity index (χ1) is 12.3. The predicted molar refractivity (Wildman–Crippen MR) is 93.2 cm³/mol. The number of anilines is 3. The molecule has 2 rings (SSSR count). The number of halogens is 3. The second-order valence-corrected chi connectivity index (χ2v) is 5.60. The minimum Gasteiger partial charge on any atom is -0.497 e. The van der Waals surface area contributed by atoms with Crippen molar-refractivity contribution in [3.8, 4) is 11.5 Å². The van der Waals surface area contributed by atoms with Gasteiger partial charge in [-0.25, -0.2) is 4.98 Å². The molecule has 9 heteroatoms. The second-order valence-electron chi connectivity index (χ2n) is 5.60. The van der Waals surface area contributed by atoms with Gasteiger partial charge in [0.05, 0.1) is 19.9 Å². The third-order valence-electron chi connectivity index (χ3n) is 3.68. The van der Waals surface area contributed by atoms with Crippen molar-refractivity contribution in [2.45, 2.75) is 32.5 Å². The summed E-state index contributed by atoms with van der Waals surface area (Å²) in [6.45, 7) is 3.75. The summed E-state index contributed by atoms with van der Waals surface area (Å²) in [5, 5.41) is 5.71. The first kappa shape index (κ1) is 19.6. The standard InChI is InChI=1S/C17H21F3N4O2/c1-5-10(2)21-16-23-14(17(18,19)20)9-15(24-16)22-12-7-6-11(25-3)8-13(12)26-4/h6-10H,5H2,1-4H3,(H2,21,22,23,24)/t10-/m0/s1. The molecule has 1 aromatic carbocycles. The number of hydrogen-bond acceptors (Lipinski definition) is 6. The van der Waals surface area contributed by atoms with Crippen LogP contribution in [0, 0.1) is 0 Å². The molecule has 1 heterocycles. The number of ether oxygens (including phenoxy) is 2. The Balaban J connectivity index is 2.40. The molecule has 0 spiro atoms. The first-order valence-electron chi connectivity index (χ1n) is 7.98. The van der Waals surface area contributed by atoms with E-state index in [4.69, 9.17) is 9.47 Å². The number of nitrogens with one attached hydrogen (secondary N) is 2. The molecule has 0 aliphatic rings. The zero-order chi connectivity index (χ0) is 19.3. The summed E-state index contributed by atoms with van der Waals surface area (Å²) in [6, 6.07) is 5.70. The Morgan fingerprint density at radius 1 is 1.12 bits per heavy atom. The van der Waals surface area contributed by atoms with Crippen LogP contribution < -0.4 is 20.1 Å². The smallest absolute Gasteiger partial charge is 0.433 e. The lowest BCUT2D eigenvalue weighted by atomic mass is 10.2. The molecular weight excluding hydrogens is 349 g/mol. The van der Waals surface area contributed by atoms with Crippen molar-refractivity contribution in [3.63, 3.8) is 0 Å².